The average Bonchev–Trinajstić information content (AvgIpc) is 2.08. The van der Waals surface area contributed by atoms with E-state index in [1.165, 1.54) is 12.7 Å². The molecule has 0 aromatic heterocycles. The molecule has 2 heteroatoms. The molecule has 0 amide bonds. The quantitative estimate of drug-likeness (QED) is 0.558. The summed E-state index contributed by atoms with van der Waals surface area (Å²) in [5.41, 5.74) is 3.12. The minimum absolute atomic E-state index is 0.216. The van der Waals surface area contributed by atoms with E-state index in [0.717, 1.165) is 24.0 Å². The van der Waals surface area contributed by atoms with Crippen molar-refractivity contribution in [2.75, 3.05) is 7.11 Å². The van der Waals surface area contributed by atoms with E-state index >= 15 is 0 Å². The molecule has 0 aromatic carbocycles. The van der Waals surface area contributed by atoms with Crippen LogP contribution in [0.5, 0.6) is 0 Å². The number of allylic oxidation sites excluding steroid dienone is 2. The minimum Gasteiger partial charge on any atom is -0.465 e. The Hall–Kier alpha value is -1.05. The molecule has 2 nitrogen and oxygen atoms in total. The van der Waals surface area contributed by atoms with Gasteiger partial charge in [-0.2, -0.15) is 0 Å². The second-order valence-corrected chi connectivity index (χ2v) is 3.18. The summed E-state index contributed by atoms with van der Waals surface area (Å²) < 4.78 is 4.67. The van der Waals surface area contributed by atoms with Gasteiger partial charge in [-0.1, -0.05) is 11.1 Å². The van der Waals surface area contributed by atoms with Crippen LogP contribution < -0.4 is 0 Å². The van der Waals surface area contributed by atoms with E-state index in [-0.39, 0.29) is 5.97 Å². The highest BCUT2D eigenvalue weighted by molar-refractivity contribution is 5.92. The topological polar surface area (TPSA) is 26.3 Å². The zero-order chi connectivity index (χ0) is 9.14. The predicted molar refractivity (Wildman–Crippen MR) is 47.7 cm³/mol. The fourth-order valence-corrected chi connectivity index (χ4v) is 1.30. The van der Waals surface area contributed by atoms with Crippen molar-refractivity contribution in [3.05, 3.63) is 22.8 Å². The lowest BCUT2D eigenvalue weighted by molar-refractivity contribution is -0.135. The molecule has 0 radical (unpaired) electrons. The summed E-state index contributed by atoms with van der Waals surface area (Å²) in [5, 5.41) is 0. The number of carbonyl (C=O) groups is 1. The van der Waals surface area contributed by atoms with E-state index in [1.54, 1.807) is 0 Å². The van der Waals surface area contributed by atoms with Crippen LogP contribution in [-0.4, -0.2) is 13.1 Å². The molecule has 0 bridgehead atoms. The monoisotopic (exact) mass is 166 g/mol. The van der Waals surface area contributed by atoms with Crippen LogP contribution in [0.15, 0.2) is 22.8 Å². The molecule has 0 spiro atoms. The molecule has 0 atom stereocenters. The first-order chi connectivity index (χ1) is 5.65. The maximum atomic E-state index is 11.2. The molecule has 0 aromatic rings. The molecule has 0 unspecified atom stereocenters. The molecule has 0 saturated carbocycles. The maximum Gasteiger partial charge on any atom is 0.337 e. The van der Waals surface area contributed by atoms with Crippen molar-refractivity contribution in [1.82, 2.24) is 0 Å². The van der Waals surface area contributed by atoms with Gasteiger partial charge in [0.1, 0.15) is 0 Å². The van der Waals surface area contributed by atoms with E-state index in [4.69, 9.17) is 0 Å². The molecule has 0 N–H and O–H groups in total. The number of carbonyl (C=O) groups excluding carboxylic acids is 1. The fraction of sp³-hybridized carbons (Fsp3) is 0.500. The predicted octanol–water partition coefficient (Wildman–Crippen LogP) is 2.22. The van der Waals surface area contributed by atoms with Crippen LogP contribution in [0.1, 0.15) is 26.7 Å². The van der Waals surface area contributed by atoms with Crippen LogP contribution in [0.3, 0.4) is 0 Å². The Balaban J connectivity index is 2.93. The van der Waals surface area contributed by atoms with Crippen LogP contribution >= 0.6 is 0 Å². The SMILES string of the molecule is COC(=O)C1=C(C)CCC(C)=C1. The average molecular weight is 166 g/mol. The lowest BCUT2D eigenvalue weighted by Crippen LogP contribution is -2.08. The molecule has 0 aliphatic heterocycles. The third-order valence-electron chi connectivity index (χ3n) is 2.15. The molecule has 66 valence electrons. The number of hydrogen-bond donors (Lipinski definition) is 0. The number of rotatable bonds is 1. The van der Waals surface area contributed by atoms with Gasteiger partial charge in [-0.05, 0) is 32.8 Å². The molecular formula is C10H14O2. The van der Waals surface area contributed by atoms with Crippen molar-refractivity contribution in [2.45, 2.75) is 26.7 Å². The van der Waals surface area contributed by atoms with Crippen LogP contribution in [0.4, 0.5) is 0 Å². The highest BCUT2D eigenvalue weighted by Gasteiger charge is 2.14. The summed E-state index contributed by atoms with van der Waals surface area (Å²) in [6.07, 6.45) is 3.96. The van der Waals surface area contributed by atoms with E-state index in [2.05, 4.69) is 4.74 Å². The van der Waals surface area contributed by atoms with Crippen molar-refractivity contribution >= 4 is 5.97 Å². The van der Waals surface area contributed by atoms with Gasteiger partial charge in [0.15, 0.2) is 0 Å². The summed E-state index contributed by atoms with van der Waals surface area (Å²) >= 11 is 0. The van der Waals surface area contributed by atoms with Gasteiger partial charge in [-0.15, -0.1) is 0 Å². The van der Waals surface area contributed by atoms with Crippen molar-refractivity contribution in [1.29, 1.82) is 0 Å². The Labute approximate surface area is 72.9 Å². The second-order valence-electron chi connectivity index (χ2n) is 3.18. The third-order valence-corrected chi connectivity index (χ3v) is 2.15. The van der Waals surface area contributed by atoms with E-state index in [0.29, 0.717) is 0 Å². The lowest BCUT2D eigenvalue weighted by atomic mass is 9.94. The maximum absolute atomic E-state index is 11.2. The van der Waals surface area contributed by atoms with Gasteiger partial charge < -0.3 is 4.74 Å². The lowest BCUT2D eigenvalue weighted by Gasteiger charge is -2.13. The summed E-state index contributed by atoms with van der Waals surface area (Å²) in [7, 11) is 1.42. The summed E-state index contributed by atoms with van der Waals surface area (Å²) in [6, 6.07) is 0. The number of methoxy groups -OCH3 is 1. The molecule has 0 heterocycles. The van der Waals surface area contributed by atoms with E-state index in [1.807, 2.05) is 19.9 Å². The summed E-state index contributed by atoms with van der Waals surface area (Å²) in [5.74, 6) is -0.216. The molecule has 0 saturated heterocycles. The third kappa shape index (κ3) is 1.76. The zero-order valence-corrected chi connectivity index (χ0v) is 7.81. The van der Waals surface area contributed by atoms with Crippen molar-refractivity contribution in [3.8, 4) is 0 Å². The van der Waals surface area contributed by atoms with Gasteiger partial charge in [-0.25, -0.2) is 4.79 Å². The Morgan fingerprint density at radius 3 is 2.67 bits per heavy atom. The van der Waals surface area contributed by atoms with Crippen molar-refractivity contribution in [3.63, 3.8) is 0 Å². The first-order valence-electron chi connectivity index (χ1n) is 4.10. The normalized spacial score (nSPS) is 17.4. The molecule has 0 fully saturated rings. The fourth-order valence-electron chi connectivity index (χ4n) is 1.30. The minimum atomic E-state index is -0.216. The van der Waals surface area contributed by atoms with Crippen LogP contribution in [0.2, 0.25) is 0 Å². The number of esters is 1. The summed E-state index contributed by atoms with van der Waals surface area (Å²) in [4.78, 5) is 11.2. The molecule has 12 heavy (non-hydrogen) atoms. The Morgan fingerprint density at radius 2 is 2.08 bits per heavy atom. The zero-order valence-electron chi connectivity index (χ0n) is 7.81. The van der Waals surface area contributed by atoms with Gasteiger partial charge in [0.05, 0.1) is 12.7 Å². The van der Waals surface area contributed by atoms with Crippen LogP contribution in [0.25, 0.3) is 0 Å². The Bertz CT molecular complexity index is 259. The van der Waals surface area contributed by atoms with Gasteiger partial charge in [0.25, 0.3) is 0 Å². The standard InChI is InChI=1S/C10H14O2/c1-7-4-5-8(2)9(6-7)10(11)12-3/h6H,4-5H2,1-3H3. The highest BCUT2D eigenvalue weighted by Crippen LogP contribution is 2.23. The second kappa shape index (κ2) is 3.57. The first-order valence-corrected chi connectivity index (χ1v) is 4.10. The smallest absolute Gasteiger partial charge is 0.337 e. The first kappa shape index (κ1) is 9.04. The molecule has 1 aliphatic rings. The largest absolute Gasteiger partial charge is 0.465 e. The molecular weight excluding hydrogens is 152 g/mol. The van der Waals surface area contributed by atoms with E-state index < -0.39 is 0 Å². The molecule has 1 rings (SSSR count). The molecule has 1 aliphatic carbocycles. The Kier molecular flexibility index (Phi) is 2.69. The Morgan fingerprint density at radius 1 is 1.42 bits per heavy atom. The van der Waals surface area contributed by atoms with Crippen molar-refractivity contribution < 1.29 is 9.53 Å². The van der Waals surface area contributed by atoms with Gasteiger partial charge in [0, 0.05) is 0 Å². The van der Waals surface area contributed by atoms with Gasteiger partial charge in [0.2, 0.25) is 0 Å². The van der Waals surface area contributed by atoms with E-state index in [9.17, 15) is 4.79 Å². The number of hydrogen-bond acceptors (Lipinski definition) is 2. The van der Waals surface area contributed by atoms with Gasteiger partial charge in [-0.3, -0.25) is 0 Å². The van der Waals surface area contributed by atoms with Crippen molar-refractivity contribution in [2.24, 2.45) is 0 Å². The van der Waals surface area contributed by atoms with Crippen LogP contribution in [-0.2, 0) is 9.53 Å². The van der Waals surface area contributed by atoms with Gasteiger partial charge >= 0.3 is 5.97 Å². The van der Waals surface area contributed by atoms with Crippen LogP contribution in [0, 0.1) is 0 Å². The summed E-state index contributed by atoms with van der Waals surface area (Å²) in [6.45, 7) is 4.02. The highest BCUT2D eigenvalue weighted by atomic mass is 16.5. The number of ether oxygens (including phenoxy) is 1.